The van der Waals surface area contributed by atoms with Gasteiger partial charge in [-0.25, -0.2) is 14.8 Å². The predicted octanol–water partition coefficient (Wildman–Crippen LogP) is 2.50. The first-order valence-corrected chi connectivity index (χ1v) is 6.82. The number of aryl methyl sites for hydroxylation is 1. The molecule has 0 aromatic carbocycles. The van der Waals surface area contributed by atoms with E-state index in [-0.39, 0.29) is 6.04 Å². The molecule has 0 saturated heterocycles. The molecular formula is C14H24N4O2. The van der Waals surface area contributed by atoms with E-state index in [4.69, 9.17) is 4.74 Å². The van der Waals surface area contributed by atoms with Crippen LogP contribution < -0.4 is 10.6 Å². The highest BCUT2D eigenvalue weighted by Crippen LogP contribution is 2.07. The Morgan fingerprint density at radius 2 is 1.95 bits per heavy atom. The predicted molar refractivity (Wildman–Crippen MR) is 78.7 cm³/mol. The molecule has 112 valence electrons. The monoisotopic (exact) mass is 280 g/mol. The molecule has 2 N–H and O–H groups in total. The third-order valence-corrected chi connectivity index (χ3v) is 2.50. The molecule has 0 aliphatic rings. The van der Waals surface area contributed by atoms with Gasteiger partial charge in [-0.05, 0) is 39.7 Å². The number of ether oxygens (including phenoxy) is 1. The van der Waals surface area contributed by atoms with Crippen molar-refractivity contribution in [3.63, 3.8) is 0 Å². The Morgan fingerprint density at radius 3 is 2.45 bits per heavy atom. The summed E-state index contributed by atoms with van der Waals surface area (Å²) < 4.78 is 5.23. The molecule has 1 aromatic rings. The van der Waals surface area contributed by atoms with Crippen molar-refractivity contribution < 1.29 is 9.53 Å². The van der Waals surface area contributed by atoms with Crippen molar-refractivity contribution >= 4 is 12.0 Å². The fourth-order valence-electron chi connectivity index (χ4n) is 1.47. The van der Waals surface area contributed by atoms with Crippen LogP contribution in [0.1, 0.15) is 39.7 Å². The summed E-state index contributed by atoms with van der Waals surface area (Å²) in [4.78, 5) is 20.0. The molecule has 0 aliphatic carbocycles. The molecule has 0 fully saturated rings. The van der Waals surface area contributed by atoms with Crippen LogP contribution in [0.2, 0.25) is 0 Å². The van der Waals surface area contributed by atoms with Crippen LogP contribution in [0.25, 0.3) is 0 Å². The first-order chi connectivity index (χ1) is 9.30. The topological polar surface area (TPSA) is 76.1 Å². The summed E-state index contributed by atoms with van der Waals surface area (Å²) in [5.74, 6) is 0.556. The molecule has 0 aliphatic heterocycles. The number of rotatable bonds is 5. The van der Waals surface area contributed by atoms with E-state index >= 15 is 0 Å². The van der Waals surface area contributed by atoms with Gasteiger partial charge in [-0.1, -0.05) is 6.92 Å². The van der Waals surface area contributed by atoms with E-state index in [1.807, 2.05) is 34.6 Å². The van der Waals surface area contributed by atoms with Crippen molar-refractivity contribution in [2.45, 2.75) is 52.7 Å². The van der Waals surface area contributed by atoms with Gasteiger partial charge < -0.3 is 15.4 Å². The number of aromatic nitrogens is 2. The summed E-state index contributed by atoms with van der Waals surface area (Å²) >= 11 is 0. The zero-order valence-electron chi connectivity index (χ0n) is 12.9. The second-order valence-corrected chi connectivity index (χ2v) is 5.72. The fourth-order valence-corrected chi connectivity index (χ4v) is 1.47. The molecule has 0 bridgehead atoms. The minimum atomic E-state index is -0.490. The van der Waals surface area contributed by atoms with Gasteiger partial charge in [0.15, 0.2) is 0 Å². The molecule has 0 spiro atoms. The summed E-state index contributed by atoms with van der Waals surface area (Å²) in [5, 5.41) is 5.92. The van der Waals surface area contributed by atoms with Crippen LogP contribution in [0.5, 0.6) is 0 Å². The first kappa shape index (κ1) is 16.2. The van der Waals surface area contributed by atoms with Crippen LogP contribution in [-0.4, -0.2) is 34.2 Å². The van der Waals surface area contributed by atoms with Gasteiger partial charge in [-0.3, -0.25) is 0 Å². The average molecular weight is 280 g/mol. The van der Waals surface area contributed by atoms with Crippen molar-refractivity contribution in [1.29, 1.82) is 0 Å². The SMILES string of the molecule is CCC(CNc1ncc(C)cn1)NC(=O)OC(C)(C)C. The Labute approximate surface area is 120 Å². The third-order valence-electron chi connectivity index (χ3n) is 2.50. The summed E-state index contributed by atoms with van der Waals surface area (Å²) in [7, 11) is 0. The fraction of sp³-hybridized carbons (Fsp3) is 0.643. The highest BCUT2D eigenvalue weighted by atomic mass is 16.6. The van der Waals surface area contributed by atoms with Gasteiger partial charge in [-0.15, -0.1) is 0 Å². The molecule has 0 radical (unpaired) electrons. The lowest BCUT2D eigenvalue weighted by atomic mass is 10.2. The molecule has 1 amide bonds. The molecule has 1 rings (SSSR count). The van der Waals surface area contributed by atoms with Gasteiger partial charge in [-0.2, -0.15) is 0 Å². The maximum Gasteiger partial charge on any atom is 0.407 e. The number of alkyl carbamates (subject to hydrolysis) is 1. The average Bonchev–Trinajstić information content (AvgIpc) is 2.34. The second kappa shape index (κ2) is 7.07. The first-order valence-electron chi connectivity index (χ1n) is 6.82. The van der Waals surface area contributed by atoms with Crippen molar-refractivity contribution in [3.8, 4) is 0 Å². The normalized spacial score (nSPS) is 12.7. The molecule has 6 nitrogen and oxygen atoms in total. The van der Waals surface area contributed by atoms with Crippen LogP contribution in [0.4, 0.5) is 10.7 Å². The number of hydrogen-bond acceptors (Lipinski definition) is 5. The summed E-state index contributed by atoms with van der Waals surface area (Å²) in [6.07, 6.45) is 3.88. The molecule has 1 heterocycles. The van der Waals surface area contributed by atoms with E-state index in [0.717, 1.165) is 12.0 Å². The van der Waals surface area contributed by atoms with Crippen molar-refractivity contribution in [2.75, 3.05) is 11.9 Å². The highest BCUT2D eigenvalue weighted by molar-refractivity contribution is 5.68. The quantitative estimate of drug-likeness (QED) is 0.866. The summed E-state index contributed by atoms with van der Waals surface area (Å²) in [6.45, 7) is 10.0. The third kappa shape index (κ3) is 6.36. The van der Waals surface area contributed by atoms with Gasteiger partial charge in [0.05, 0.1) is 0 Å². The van der Waals surface area contributed by atoms with Crippen LogP contribution in [0.15, 0.2) is 12.4 Å². The maximum absolute atomic E-state index is 11.7. The van der Waals surface area contributed by atoms with Crippen molar-refractivity contribution in [1.82, 2.24) is 15.3 Å². The number of hydrogen-bond donors (Lipinski definition) is 2. The molecule has 20 heavy (non-hydrogen) atoms. The molecular weight excluding hydrogens is 256 g/mol. The maximum atomic E-state index is 11.7. The minimum absolute atomic E-state index is 0.0326. The van der Waals surface area contributed by atoms with E-state index in [1.54, 1.807) is 12.4 Å². The van der Waals surface area contributed by atoms with E-state index in [1.165, 1.54) is 0 Å². The second-order valence-electron chi connectivity index (χ2n) is 5.72. The Balaban J connectivity index is 2.43. The molecule has 6 heteroatoms. The molecule has 0 saturated carbocycles. The van der Waals surface area contributed by atoms with Crippen LogP contribution in [0.3, 0.4) is 0 Å². The van der Waals surface area contributed by atoms with Crippen molar-refractivity contribution in [3.05, 3.63) is 18.0 Å². The highest BCUT2D eigenvalue weighted by Gasteiger charge is 2.18. The smallest absolute Gasteiger partial charge is 0.407 e. The standard InChI is InChI=1S/C14H24N4O2/c1-6-11(18-13(19)20-14(3,4)5)9-17-12-15-7-10(2)8-16-12/h7-8,11H,6,9H2,1-5H3,(H,18,19)(H,15,16,17). The molecule has 1 unspecified atom stereocenters. The molecule has 1 aromatic heterocycles. The zero-order chi connectivity index (χ0) is 15.2. The van der Waals surface area contributed by atoms with Gasteiger partial charge >= 0.3 is 6.09 Å². The number of anilines is 1. The largest absolute Gasteiger partial charge is 0.444 e. The van der Waals surface area contributed by atoms with E-state index < -0.39 is 11.7 Å². The van der Waals surface area contributed by atoms with Gasteiger partial charge in [0, 0.05) is 25.0 Å². The van der Waals surface area contributed by atoms with Gasteiger partial charge in [0.25, 0.3) is 0 Å². The van der Waals surface area contributed by atoms with E-state index in [9.17, 15) is 4.79 Å². The van der Waals surface area contributed by atoms with Gasteiger partial charge in [0.1, 0.15) is 5.60 Å². The van der Waals surface area contributed by atoms with E-state index in [0.29, 0.717) is 12.5 Å². The van der Waals surface area contributed by atoms with Gasteiger partial charge in [0.2, 0.25) is 5.95 Å². The number of nitrogens with zero attached hydrogens (tertiary/aromatic N) is 2. The summed E-state index contributed by atoms with van der Waals surface area (Å²) in [5.41, 5.74) is 0.519. The minimum Gasteiger partial charge on any atom is -0.444 e. The Kier molecular flexibility index (Phi) is 5.73. The molecule has 1 atom stereocenters. The Bertz CT molecular complexity index is 426. The van der Waals surface area contributed by atoms with Crippen molar-refractivity contribution in [2.24, 2.45) is 0 Å². The van der Waals surface area contributed by atoms with Crippen LogP contribution in [-0.2, 0) is 4.74 Å². The number of nitrogens with one attached hydrogen (secondary N) is 2. The van der Waals surface area contributed by atoms with E-state index in [2.05, 4.69) is 20.6 Å². The van der Waals surface area contributed by atoms with Crippen LogP contribution in [0, 0.1) is 6.92 Å². The number of carbonyl (C=O) groups is 1. The summed E-state index contributed by atoms with van der Waals surface area (Å²) in [6, 6.07) is -0.0326. The number of carbonyl (C=O) groups excluding carboxylic acids is 1. The lowest BCUT2D eigenvalue weighted by molar-refractivity contribution is 0.0506. The lowest BCUT2D eigenvalue weighted by Gasteiger charge is -2.23. The Hall–Kier alpha value is -1.85. The Morgan fingerprint density at radius 1 is 1.35 bits per heavy atom. The zero-order valence-corrected chi connectivity index (χ0v) is 12.9. The van der Waals surface area contributed by atoms with Crippen LogP contribution >= 0.6 is 0 Å². The lowest BCUT2D eigenvalue weighted by Crippen LogP contribution is -2.42. The number of amides is 1.